The normalized spacial score (nSPS) is 13.3. The maximum Gasteiger partial charge on any atom is 0.320 e. The van der Waals surface area contributed by atoms with Gasteiger partial charge < -0.3 is 10.8 Å². The Hall–Kier alpha value is -2.04. The fraction of sp³-hybridized carbons (Fsp3) is 0.500. The number of azide groups is 1. The lowest BCUT2D eigenvalue weighted by Crippen LogP contribution is -2.32. The molecule has 1 aromatic carbocycles. The van der Waals surface area contributed by atoms with Crippen LogP contribution in [0.4, 0.5) is 0 Å². The van der Waals surface area contributed by atoms with Crippen LogP contribution in [0.25, 0.3) is 10.4 Å². The zero-order valence-electron chi connectivity index (χ0n) is 11.6. The number of carboxylic acids is 1. The van der Waals surface area contributed by atoms with E-state index in [0.717, 1.165) is 18.4 Å². The lowest BCUT2D eigenvalue weighted by Gasteiger charge is -2.12. The second-order valence-electron chi connectivity index (χ2n) is 4.89. The van der Waals surface area contributed by atoms with Crippen molar-refractivity contribution >= 4 is 5.97 Å². The Morgan fingerprint density at radius 2 is 2.10 bits per heavy atom. The van der Waals surface area contributed by atoms with Crippen LogP contribution in [0.5, 0.6) is 0 Å². The third kappa shape index (κ3) is 5.30. The summed E-state index contributed by atoms with van der Waals surface area (Å²) in [4.78, 5) is 13.4. The summed E-state index contributed by atoms with van der Waals surface area (Å²) in [5.74, 6) is -0.605. The fourth-order valence-corrected chi connectivity index (χ4v) is 2.00. The predicted molar refractivity (Wildman–Crippen MR) is 77.4 cm³/mol. The Kier molecular flexibility index (Phi) is 6.56. The SMILES string of the molecule is CC(CCCN=[N+]=[N-])c1ccc(C[C@H](N)C(=O)O)cc1. The molecule has 0 saturated heterocycles. The highest BCUT2D eigenvalue weighted by Crippen LogP contribution is 2.21. The zero-order chi connectivity index (χ0) is 15.0. The van der Waals surface area contributed by atoms with Crippen molar-refractivity contribution in [3.63, 3.8) is 0 Å². The van der Waals surface area contributed by atoms with Crippen molar-refractivity contribution in [1.29, 1.82) is 0 Å². The minimum atomic E-state index is -0.986. The Morgan fingerprint density at radius 1 is 1.45 bits per heavy atom. The first-order valence-electron chi connectivity index (χ1n) is 6.62. The Morgan fingerprint density at radius 3 is 2.65 bits per heavy atom. The van der Waals surface area contributed by atoms with Gasteiger partial charge in [0.25, 0.3) is 0 Å². The summed E-state index contributed by atoms with van der Waals surface area (Å²) in [6.45, 7) is 2.64. The summed E-state index contributed by atoms with van der Waals surface area (Å²) in [5, 5.41) is 12.3. The summed E-state index contributed by atoms with van der Waals surface area (Å²) >= 11 is 0. The van der Waals surface area contributed by atoms with Gasteiger partial charge in [-0.25, -0.2) is 0 Å². The van der Waals surface area contributed by atoms with Crippen molar-refractivity contribution in [1.82, 2.24) is 0 Å². The summed E-state index contributed by atoms with van der Waals surface area (Å²) < 4.78 is 0. The number of aliphatic carboxylic acids is 1. The van der Waals surface area contributed by atoms with Gasteiger partial charge in [0.1, 0.15) is 6.04 Å². The van der Waals surface area contributed by atoms with Gasteiger partial charge in [0.2, 0.25) is 0 Å². The number of rotatable bonds is 8. The lowest BCUT2D eigenvalue weighted by atomic mass is 9.94. The number of benzene rings is 1. The van der Waals surface area contributed by atoms with Crippen molar-refractivity contribution in [2.75, 3.05) is 6.54 Å². The molecule has 6 nitrogen and oxygen atoms in total. The van der Waals surface area contributed by atoms with Crippen LogP contribution in [0, 0.1) is 0 Å². The van der Waals surface area contributed by atoms with E-state index in [1.807, 2.05) is 24.3 Å². The molecule has 0 heterocycles. The van der Waals surface area contributed by atoms with E-state index >= 15 is 0 Å². The first-order chi connectivity index (χ1) is 9.54. The largest absolute Gasteiger partial charge is 0.480 e. The number of nitrogens with zero attached hydrogens (tertiary/aromatic N) is 3. The van der Waals surface area contributed by atoms with E-state index in [1.54, 1.807) is 0 Å². The first kappa shape index (κ1) is 16.0. The molecule has 0 saturated carbocycles. The minimum Gasteiger partial charge on any atom is -0.480 e. The second kappa shape index (κ2) is 8.19. The molecule has 1 aromatic rings. The molecule has 20 heavy (non-hydrogen) atoms. The molecule has 0 aliphatic rings. The average molecular weight is 276 g/mol. The van der Waals surface area contributed by atoms with Crippen LogP contribution in [-0.4, -0.2) is 23.7 Å². The molecule has 0 fully saturated rings. The van der Waals surface area contributed by atoms with Gasteiger partial charge in [0.05, 0.1) is 0 Å². The van der Waals surface area contributed by atoms with Crippen LogP contribution in [-0.2, 0) is 11.2 Å². The minimum absolute atomic E-state index is 0.334. The van der Waals surface area contributed by atoms with E-state index in [-0.39, 0.29) is 0 Å². The van der Waals surface area contributed by atoms with Gasteiger partial charge in [0.15, 0.2) is 0 Å². The van der Waals surface area contributed by atoms with Gasteiger partial charge in [-0.3, -0.25) is 4.79 Å². The molecular weight excluding hydrogens is 256 g/mol. The molecule has 0 aromatic heterocycles. The maximum absolute atomic E-state index is 10.7. The van der Waals surface area contributed by atoms with Crippen LogP contribution >= 0.6 is 0 Å². The highest BCUT2D eigenvalue weighted by Gasteiger charge is 2.12. The zero-order valence-corrected chi connectivity index (χ0v) is 11.6. The standard InChI is InChI=1S/C14H20N4O2/c1-10(3-2-8-17-18-16)12-6-4-11(5-7-12)9-13(15)14(19)20/h4-7,10,13H,2-3,8-9,15H2,1H3,(H,19,20)/t10?,13-/m0/s1. The van der Waals surface area contributed by atoms with Crippen molar-refractivity contribution in [2.24, 2.45) is 10.8 Å². The second-order valence-corrected chi connectivity index (χ2v) is 4.89. The van der Waals surface area contributed by atoms with E-state index in [4.69, 9.17) is 16.4 Å². The molecule has 3 N–H and O–H groups in total. The van der Waals surface area contributed by atoms with Crippen LogP contribution in [0.2, 0.25) is 0 Å². The molecule has 0 spiro atoms. The van der Waals surface area contributed by atoms with Crippen LogP contribution < -0.4 is 5.73 Å². The van der Waals surface area contributed by atoms with Crippen molar-refractivity contribution < 1.29 is 9.90 Å². The Bertz CT molecular complexity index is 480. The summed E-state index contributed by atoms with van der Waals surface area (Å²) in [5.41, 5.74) is 15.8. The molecule has 108 valence electrons. The van der Waals surface area contributed by atoms with E-state index in [0.29, 0.717) is 18.9 Å². The summed E-state index contributed by atoms with van der Waals surface area (Å²) in [6, 6.07) is 6.98. The Labute approximate surface area is 118 Å². The van der Waals surface area contributed by atoms with Gasteiger partial charge in [-0.2, -0.15) is 0 Å². The van der Waals surface area contributed by atoms with Gasteiger partial charge in [-0.05, 0) is 41.8 Å². The van der Waals surface area contributed by atoms with Crippen LogP contribution in [0.1, 0.15) is 36.8 Å². The predicted octanol–water partition coefficient (Wildman–Crippen LogP) is 2.83. The molecule has 1 unspecified atom stereocenters. The number of hydrogen-bond donors (Lipinski definition) is 2. The van der Waals surface area contributed by atoms with E-state index in [1.165, 1.54) is 5.56 Å². The third-order valence-corrected chi connectivity index (χ3v) is 3.28. The van der Waals surface area contributed by atoms with Crippen molar-refractivity contribution in [3.8, 4) is 0 Å². The van der Waals surface area contributed by atoms with Gasteiger partial charge in [-0.1, -0.05) is 36.3 Å². The highest BCUT2D eigenvalue weighted by atomic mass is 16.4. The lowest BCUT2D eigenvalue weighted by molar-refractivity contribution is -0.138. The van der Waals surface area contributed by atoms with Crippen LogP contribution in [0.15, 0.2) is 29.4 Å². The molecule has 0 amide bonds. The molecule has 0 aliphatic carbocycles. The van der Waals surface area contributed by atoms with E-state index in [9.17, 15) is 4.79 Å². The maximum atomic E-state index is 10.7. The Balaban J connectivity index is 2.52. The van der Waals surface area contributed by atoms with E-state index in [2.05, 4.69) is 16.9 Å². The van der Waals surface area contributed by atoms with Crippen molar-refractivity contribution in [2.45, 2.75) is 38.1 Å². The molecular formula is C14H20N4O2. The quantitative estimate of drug-likeness (QED) is 0.329. The number of carboxylic acid groups (broad SMARTS) is 1. The molecule has 6 heteroatoms. The smallest absolute Gasteiger partial charge is 0.320 e. The van der Waals surface area contributed by atoms with Gasteiger partial charge in [-0.15, -0.1) is 0 Å². The number of nitrogens with two attached hydrogens (primary N) is 1. The van der Waals surface area contributed by atoms with Gasteiger partial charge >= 0.3 is 5.97 Å². The first-order valence-corrected chi connectivity index (χ1v) is 6.62. The molecule has 0 aliphatic heterocycles. The topological polar surface area (TPSA) is 112 Å². The average Bonchev–Trinajstić information content (AvgIpc) is 2.44. The number of carbonyl (C=O) groups is 1. The number of hydrogen-bond acceptors (Lipinski definition) is 3. The highest BCUT2D eigenvalue weighted by molar-refractivity contribution is 5.73. The third-order valence-electron chi connectivity index (χ3n) is 3.28. The fourth-order valence-electron chi connectivity index (χ4n) is 2.00. The van der Waals surface area contributed by atoms with E-state index < -0.39 is 12.0 Å². The monoisotopic (exact) mass is 276 g/mol. The molecule has 0 bridgehead atoms. The van der Waals surface area contributed by atoms with Gasteiger partial charge in [0, 0.05) is 11.5 Å². The van der Waals surface area contributed by atoms with Crippen molar-refractivity contribution in [3.05, 3.63) is 45.8 Å². The summed E-state index contributed by atoms with van der Waals surface area (Å²) in [7, 11) is 0. The summed E-state index contributed by atoms with van der Waals surface area (Å²) in [6.07, 6.45) is 2.14. The van der Waals surface area contributed by atoms with Crippen LogP contribution in [0.3, 0.4) is 0 Å². The molecule has 0 radical (unpaired) electrons. The molecule has 1 rings (SSSR count). The molecule has 2 atom stereocenters.